The molecule has 1 fully saturated rings. The predicted molar refractivity (Wildman–Crippen MR) is 114 cm³/mol. The fraction of sp³-hybridized carbons (Fsp3) is 0.217. The smallest absolute Gasteiger partial charge is 0.229 e. The second-order valence-electron chi connectivity index (χ2n) is 7.59. The van der Waals surface area contributed by atoms with Gasteiger partial charge in [0.2, 0.25) is 5.91 Å². The molecule has 1 amide bonds. The molecule has 2 aromatic heterocycles. The lowest BCUT2D eigenvalue weighted by atomic mass is 9.77. The molecule has 0 saturated carbocycles. The van der Waals surface area contributed by atoms with Crippen LogP contribution >= 0.6 is 11.3 Å². The summed E-state index contributed by atoms with van der Waals surface area (Å²) in [6.45, 7) is 2.44. The van der Waals surface area contributed by atoms with Crippen molar-refractivity contribution in [2.75, 3.05) is 0 Å². The molecule has 4 rings (SSSR count). The van der Waals surface area contributed by atoms with Crippen LogP contribution in [0.4, 0.5) is 0 Å². The number of hydrogen-bond acceptors (Lipinski definition) is 5. The molecular weight excluding hydrogens is 380 g/mol. The van der Waals surface area contributed by atoms with E-state index in [0.29, 0.717) is 30.8 Å². The Morgan fingerprint density at radius 1 is 1.24 bits per heavy atom. The van der Waals surface area contributed by atoms with Gasteiger partial charge < -0.3 is 0 Å². The van der Waals surface area contributed by atoms with E-state index in [1.807, 2.05) is 30.3 Å². The standard InChI is InChI=1S/C23H20N4OS/c1-23(20-9-19(15-29-20)18-6-2-4-16(8-18)12-24)10-21(25)27(22(28)11-23)14-17-5-3-7-26-13-17/h2-9,13,15,25H,10-11,14H2,1H3/t23-/m0/s1. The van der Waals surface area contributed by atoms with E-state index in [0.717, 1.165) is 21.6 Å². The van der Waals surface area contributed by atoms with Crippen molar-refractivity contribution in [1.29, 1.82) is 10.7 Å². The van der Waals surface area contributed by atoms with Crippen LogP contribution in [0.1, 0.15) is 35.8 Å². The highest BCUT2D eigenvalue weighted by Crippen LogP contribution is 2.41. The van der Waals surface area contributed by atoms with E-state index in [-0.39, 0.29) is 5.91 Å². The molecule has 144 valence electrons. The van der Waals surface area contributed by atoms with E-state index >= 15 is 0 Å². The van der Waals surface area contributed by atoms with Crippen molar-refractivity contribution in [2.24, 2.45) is 0 Å². The van der Waals surface area contributed by atoms with Gasteiger partial charge >= 0.3 is 0 Å². The zero-order chi connectivity index (χ0) is 20.4. The zero-order valence-electron chi connectivity index (χ0n) is 16.1. The minimum Gasteiger partial charge on any atom is -0.296 e. The van der Waals surface area contributed by atoms with Gasteiger partial charge in [-0.25, -0.2) is 0 Å². The third-order valence-corrected chi connectivity index (χ3v) is 6.55. The highest BCUT2D eigenvalue weighted by Gasteiger charge is 2.40. The lowest BCUT2D eigenvalue weighted by molar-refractivity contribution is -0.130. The van der Waals surface area contributed by atoms with Gasteiger partial charge in [0, 0.05) is 35.5 Å². The third-order valence-electron chi connectivity index (χ3n) is 5.31. The number of amidine groups is 1. The van der Waals surface area contributed by atoms with Crippen LogP contribution in [0.15, 0.2) is 60.2 Å². The van der Waals surface area contributed by atoms with E-state index in [4.69, 9.17) is 10.7 Å². The molecule has 1 aliphatic heterocycles. The quantitative estimate of drug-likeness (QED) is 0.687. The maximum atomic E-state index is 12.9. The van der Waals surface area contributed by atoms with Crippen LogP contribution in [0.25, 0.3) is 11.1 Å². The summed E-state index contributed by atoms with van der Waals surface area (Å²) in [6.07, 6.45) is 4.31. The number of benzene rings is 1. The Kier molecular flexibility index (Phi) is 4.99. The SMILES string of the molecule is C[C@]1(c2cc(-c3cccc(C#N)c3)cs2)CC(=N)N(Cc2cccnc2)C(=O)C1. The van der Waals surface area contributed by atoms with Gasteiger partial charge in [-0.1, -0.05) is 25.1 Å². The summed E-state index contributed by atoms with van der Waals surface area (Å²) in [5, 5.41) is 19.7. The molecule has 1 saturated heterocycles. The van der Waals surface area contributed by atoms with E-state index < -0.39 is 5.41 Å². The van der Waals surface area contributed by atoms with Crippen molar-refractivity contribution in [3.05, 3.63) is 76.2 Å². The highest BCUT2D eigenvalue weighted by molar-refractivity contribution is 7.10. The Morgan fingerprint density at radius 3 is 2.83 bits per heavy atom. The number of nitriles is 1. The Bertz CT molecular complexity index is 1100. The summed E-state index contributed by atoms with van der Waals surface area (Å²) in [5.74, 6) is 0.308. The van der Waals surface area contributed by atoms with Crippen molar-refractivity contribution >= 4 is 23.1 Å². The molecule has 29 heavy (non-hydrogen) atoms. The number of nitrogens with one attached hydrogen (secondary N) is 1. The first-order valence-corrected chi connectivity index (χ1v) is 10.2. The zero-order valence-corrected chi connectivity index (χ0v) is 16.9. The Labute approximate surface area is 173 Å². The Balaban J connectivity index is 1.55. The number of carbonyl (C=O) groups excluding carboxylic acids is 1. The minimum absolute atomic E-state index is 0.0333. The van der Waals surface area contributed by atoms with Crippen molar-refractivity contribution in [3.8, 4) is 17.2 Å². The number of amides is 1. The first kappa shape index (κ1) is 19.0. The van der Waals surface area contributed by atoms with E-state index in [9.17, 15) is 4.79 Å². The largest absolute Gasteiger partial charge is 0.296 e. The molecular formula is C23H20N4OS. The molecule has 0 aliphatic carbocycles. The number of piperidine rings is 1. The van der Waals surface area contributed by atoms with Crippen LogP contribution in [0.5, 0.6) is 0 Å². The van der Waals surface area contributed by atoms with Gasteiger partial charge in [0.05, 0.1) is 18.2 Å². The number of pyridine rings is 1. The average molecular weight is 401 g/mol. The van der Waals surface area contributed by atoms with Gasteiger partial charge in [-0.05, 0) is 46.3 Å². The maximum absolute atomic E-state index is 12.9. The van der Waals surface area contributed by atoms with E-state index in [2.05, 4.69) is 29.4 Å². The van der Waals surface area contributed by atoms with Crippen LogP contribution in [-0.4, -0.2) is 21.6 Å². The summed E-state index contributed by atoms with van der Waals surface area (Å²) in [6, 6.07) is 15.5. The molecule has 5 nitrogen and oxygen atoms in total. The summed E-state index contributed by atoms with van der Waals surface area (Å²) in [5.41, 5.74) is 3.19. The van der Waals surface area contributed by atoms with Crippen LogP contribution in [-0.2, 0) is 16.8 Å². The first-order valence-electron chi connectivity index (χ1n) is 9.35. The Morgan fingerprint density at radius 2 is 2.10 bits per heavy atom. The number of rotatable bonds is 4. The van der Waals surface area contributed by atoms with Crippen LogP contribution in [0, 0.1) is 16.7 Å². The summed E-state index contributed by atoms with van der Waals surface area (Å²) in [7, 11) is 0. The molecule has 1 N–H and O–H groups in total. The van der Waals surface area contributed by atoms with Crippen molar-refractivity contribution in [1.82, 2.24) is 9.88 Å². The summed E-state index contributed by atoms with van der Waals surface area (Å²) < 4.78 is 0. The fourth-order valence-corrected chi connectivity index (χ4v) is 4.79. The Hall–Kier alpha value is -3.30. The number of aromatic nitrogens is 1. The van der Waals surface area contributed by atoms with Gasteiger partial charge in [-0.2, -0.15) is 5.26 Å². The van der Waals surface area contributed by atoms with Gasteiger partial charge in [0.25, 0.3) is 0 Å². The van der Waals surface area contributed by atoms with Crippen LogP contribution in [0.3, 0.4) is 0 Å². The molecule has 1 aromatic carbocycles. The van der Waals surface area contributed by atoms with E-state index in [1.165, 1.54) is 0 Å². The molecule has 0 radical (unpaired) electrons. The summed E-state index contributed by atoms with van der Waals surface area (Å²) in [4.78, 5) is 19.6. The number of hydrogen-bond donors (Lipinski definition) is 1. The molecule has 0 spiro atoms. The molecule has 6 heteroatoms. The normalized spacial score (nSPS) is 19.2. The van der Waals surface area contributed by atoms with Gasteiger partial charge in [-0.3, -0.25) is 20.1 Å². The predicted octanol–water partition coefficient (Wildman–Crippen LogP) is 4.74. The molecule has 0 bridgehead atoms. The average Bonchev–Trinajstić information content (AvgIpc) is 3.23. The molecule has 1 atom stereocenters. The number of thiophene rings is 1. The molecule has 0 unspecified atom stereocenters. The van der Waals surface area contributed by atoms with Crippen molar-refractivity contribution in [2.45, 2.75) is 31.7 Å². The lowest BCUT2D eigenvalue weighted by Gasteiger charge is -2.38. The summed E-state index contributed by atoms with van der Waals surface area (Å²) >= 11 is 1.61. The third kappa shape index (κ3) is 3.82. The van der Waals surface area contributed by atoms with Crippen LogP contribution < -0.4 is 0 Å². The maximum Gasteiger partial charge on any atom is 0.229 e. The topological polar surface area (TPSA) is 80.8 Å². The van der Waals surface area contributed by atoms with Crippen molar-refractivity contribution < 1.29 is 4.79 Å². The first-order chi connectivity index (χ1) is 14.0. The van der Waals surface area contributed by atoms with Crippen molar-refractivity contribution in [3.63, 3.8) is 0 Å². The van der Waals surface area contributed by atoms with Crippen LogP contribution in [0.2, 0.25) is 0 Å². The second-order valence-corrected chi connectivity index (χ2v) is 8.51. The lowest BCUT2D eigenvalue weighted by Crippen LogP contribution is -2.47. The van der Waals surface area contributed by atoms with Gasteiger partial charge in [0.1, 0.15) is 5.84 Å². The fourth-order valence-electron chi connectivity index (χ4n) is 3.71. The monoisotopic (exact) mass is 400 g/mol. The van der Waals surface area contributed by atoms with Gasteiger partial charge in [-0.15, -0.1) is 11.3 Å². The number of nitrogens with zero attached hydrogens (tertiary/aromatic N) is 3. The molecule has 3 heterocycles. The van der Waals surface area contributed by atoms with Gasteiger partial charge in [0.15, 0.2) is 0 Å². The second kappa shape index (κ2) is 7.61. The minimum atomic E-state index is -0.393. The number of likely N-dealkylation sites (tertiary alicyclic amines) is 1. The molecule has 1 aliphatic rings. The molecule has 3 aromatic rings. The number of carbonyl (C=O) groups is 1. The van der Waals surface area contributed by atoms with E-state index in [1.54, 1.807) is 34.7 Å². The highest BCUT2D eigenvalue weighted by atomic mass is 32.1.